The van der Waals surface area contributed by atoms with Crippen molar-refractivity contribution in [3.63, 3.8) is 0 Å². The second kappa shape index (κ2) is 8.25. The molecule has 0 spiro atoms. The van der Waals surface area contributed by atoms with Gasteiger partial charge in [-0.05, 0) is 74.7 Å². The lowest BCUT2D eigenvalue weighted by Crippen LogP contribution is -2.35. The number of fused-ring (bicyclic) bond motifs is 1. The van der Waals surface area contributed by atoms with Crippen LogP contribution in [0.15, 0.2) is 42.5 Å². The molecular formula is C22H26N2O3. The predicted octanol–water partition coefficient (Wildman–Crippen LogP) is 4.42. The van der Waals surface area contributed by atoms with E-state index in [1.54, 1.807) is 24.3 Å². The summed E-state index contributed by atoms with van der Waals surface area (Å²) in [7, 11) is 0. The number of benzene rings is 2. The molecular weight excluding hydrogens is 340 g/mol. The zero-order valence-corrected chi connectivity index (χ0v) is 16.1. The van der Waals surface area contributed by atoms with Crippen molar-refractivity contribution < 1.29 is 14.3 Å². The molecule has 1 aliphatic heterocycles. The van der Waals surface area contributed by atoms with E-state index < -0.39 is 0 Å². The normalized spacial score (nSPS) is 13.5. The molecule has 5 heteroatoms. The third-order valence-electron chi connectivity index (χ3n) is 4.47. The highest BCUT2D eigenvalue weighted by Crippen LogP contribution is 2.30. The minimum Gasteiger partial charge on any atom is -0.491 e. The zero-order valence-electron chi connectivity index (χ0n) is 16.1. The standard InChI is InChI=1S/C22H26N2O3/c1-4-13-24-20-11-8-18(14-17(20)7-12-21(24)25)23-22(26)16-5-9-19(10-6-16)27-15(2)3/h5-6,8-11,14-15H,4,7,12-13H2,1-3H3,(H,23,26). The smallest absolute Gasteiger partial charge is 0.255 e. The van der Waals surface area contributed by atoms with Crippen molar-refractivity contribution in [1.29, 1.82) is 0 Å². The lowest BCUT2D eigenvalue weighted by molar-refractivity contribution is -0.118. The number of ether oxygens (including phenoxy) is 1. The Morgan fingerprint density at radius 3 is 2.56 bits per heavy atom. The highest BCUT2D eigenvalue weighted by molar-refractivity contribution is 6.05. The van der Waals surface area contributed by atoms with Gasteiger partial charge in [-0.1, -0.05) is 6.92 Å². The third kappa shape index (κ3) is 4.48. The maximum Gasteiger partial charge on any atom is 0.255 e. The number of carbonyl (C=O) groups is 2. The average molecular weight is 366 g/mol. The van der Waals surface area contributed by atoms with Crippen molar-refractivity contribution in [2.45, 2.75) is 46.1 Å². The molecule has 0 atom stereocenters. The van der Waals surface area contributed by atoms with Gasteiger partial charge in [0.25, 0.3) is 5.91 Å². The molecule has 2 amide bonds. The number of aryl methyl sites for hydroxylation is 1. The van der Waals surface area contributed by atoms with E-state index in [1.165, 1.54) is 0 Å². The molecule has 0 unspecified atom stereocenters. The van der Waals surface area contributed by atoms with Crippen LogP contribution in [0, 0.1) is 0 Å². The number of anilines is 2. The topological polar surface area (TPSA) is 58.6 Å². The van der Waals surface area contributed by atoms with Crippen LogP contribution in [0.25, 0.3) is 0 Å². The van der Waals surface area contributed by atoms with Gasteiger partial charge in [0.05, 0.1) is 6.10 Å². The molecule has 3 rings (SSSR count). The summed E-state index contributed by atoms with van der Waals surface area (Å²) in [5.74, 6) is 0.754. The monoisotopic (exact) mass is 366 g/mol. The number of carbonyl (C=O) groups excluding carboxylic acids is 2. The molecule has 0 bridgehead atoms. The van der Waals surface area contributed by atoms with Gasteiger partial charge >= 0.3 is 0 Å². The first-order valence-corrected chi connectivity index (χ1v) is 9.49. The van der Waals surface area contributed by atoms with Gasteiger partial charge in [-0.15, -0.1) is 0 Å². The number of hydrogen-bond acceptors (Lipinski definition) is 3. The minimum atomic E-state index is -0.164. The fraction of sp³-hybridized carbons (Fsp3) is 0.364. The van der Waals surface area contributed by atoms with E-state index in [4.69, 9.17) is 4.74 Å². The summed E-state index contributed by atoms with van der Waals surface area (Å²) in [6, 6.07) is 12.9. The molecule has 27 heavy (non-hydrogen) atoms. The lowest BCUT2D eigenvalue weighted by Gasteiger charge is -2.29. The van der Waals surface area contributed by atoms with Crippen molar-refractivity contribution in [3.05, 3.63) is 53.6 Å². The van der Waals surface area contributed by atoms with Gasteiger partial charge in [0, 0.05) is 29.9 Å². The maximum atomic E-state index is 12.5. The molecule has 0 fully saturated rings. The first-order chi connectivity index (χ1) is 13.0. The van der Waals surface area contributed by atoms with E-state index in [0.29, 0.717) is 18.4 Å². The van der Waals surface area contributed by atoms with Crippen LogP contribution in [0.5, 0.6) is 5.75 Å². The largest absolute Gasteiger partial charge is 0.491 e. The SMILES string of the molecule is CCCN1C(=O)CCc2cc(NC(=O)c3ccc(OC(C)C)cc3)ccc21. The Hall–Kier alpha value is -2.82. The van der Waals surface area contributed by atoms with Gasteiger partial charge in [0.1, 0.15) is 5.75 Å². The second-order valence-corrected chi connectivity index (χ2v) is 7.03. The van der Waals surface area contributed by atoms with Crippen LogP contribution in [0.2, 0.25) is 0 Å². The zero-order chi connectivity index (χ0) is 19.4. The summed E-state index contributed by atoms with van der Waals surface area (Å²) in [5.41, 5.74) is 3.38. The second-order valence-electron chi connectivity index (χ2n) is 7.03. The minimum absolute atomic E-state index is 0.0966. The Bertz CT molecular complexity index is 828. The number of rotatable bonds is 6. The summed E-state index contributed by atoms with van der Waals surface area (Å²) in [6.07, 6.45) is 2.24. The molecule has 2 aromatic rings. The quantitative estimate of drug-likeness (QED) is 0.823. The van der Waals surface area contributed by atoms with Gasteiger partial charge in [-0.25, -0.2) is 0 Å². The van der Waals surface area contributed by atoms with Gasteiger partial charge in [0.15, 0.2) is 0 Å². The van der Waals surface area contributed by atoms with Gasteiger partial charge in [-0.2, -0.15) is 0 Å². The number of nitrogens with one attached hydrogen (secondary N) is 1. The Labute approximate surface area is 160 Å². The van der Waals surface area contributed by atoms with Crippen molar-refractivity contribution in [1.82, 2.24) is 0 Å². The van der Waals surface area contributed by atoms with Crippen molar-refractivity contribution >= 4 is 23.2 Å². The van der Waals surface area contributed by atoms with Crippen LogP contribution in [0.1, 0.15) is 49.5 Å². The van der Waals surface area contributed by atoms with E-state index in [1.807, 2.05) is 36.9 Å². The molecule has 0 radical (unpaired) electrons. The number of nitrogens with zero attached hydrogens (tertiary/aromatic N) is 1. The van der Waals surface area contributed by atoms with Gasteiger partial charge < -0.3 is 15.0 Å². The van der Waals surface area contributed by atoms with Crippen LogP contribution in [-0.4, -0.2) is 24.5 Å². The van der Waals surface area contributed by atoms with Crippen LogP contribution < -0.4 is 15.0 Å². The molecule has 0 saturated heterocycles. The summed E-state index contributed by atoms with van der Waals surface area (Å²) in [5, 5.41) is 2.94. The van der Waals surface area contributed by atoms with Crippen LogP contribution in [0.4, 0.5) is 11.4 Å². The molecule has 0 aromatic heterocycles. The fourth-order valence-electron chi connectivity index (χ4n) is 3.27. The Kier molecular flexibility index (Phi) is 5.79. The van der Waals surface area contributed by atoms with E-state index in [9.17, 15) is 9.59 Å². The molecule has 5 nitrogen and oxygen atoms in total. The predicted molar refractivity (Wildman–Crippen MR) is 108 cm³/mol. The number of amides is 2. The van der Waals surface area contributed by atoms with E-state index in [-0.39, 0.29) is 17.9 Å². The molecule has 0 aliphatic carbocycles. The molecule has 1 N–H and O–H groups in total. The van der Waals surface area contributed by atoms with Crippen LogP contribution in [-0.2, 0) is 11.2 Å². The van der Waals surface area contributed by atoms with E-state index in [2.05, 4.69) is 12.2 Å². The van der Waals surface area contributed by atoms with E-state index >= 15 is 0 Å². The van der Waals surface area contributed by atoms with Crippen molar-refractivity contribution in [2.75, 3.05) is 16.8 Å². The summed E-state index contributed by atoms with van der Waals surface area (Å²) >= 11 is 0. The van der Waals surface area contributed by atoms with E-state index in [0.717, 1.165) is 35.7 Å². The third-order valence-corrected chi connectivity index (χ3v) is 4.47. The highest BCUT2D eigenvalue weighted by Gasteiger charge is 2.23. The first-order valence-electron chi connectivity index (χ1n) is 9.49. The number of hydrogen-bond donors (Lipinski definition) is 1. The first kappa shape index (κ1) is 19.0. The van der Waals surface area contributed by atoms with Crippen molar-refractivity contribution in [3.8, 4) is 5.75 Å². The molecule has 142 valence electrons. The summed E-state index contributed by atoms with van der Waals surface area (Å²) in [4.78, 5) is 26.5. The molecule has 2 aromatic carbocycles. The van der Waals surface area contributed by atoms with Gasteiger partial charge in [-0.3, -0.25) is 9.59 Å². The maximum absolute atomic E-state index is 12.5. The highest BCUT2D eigenvalue weighted by atomic mass is 16.5. The van der Waals surface area contributed by atoms with Crippen LogP contribution >= 0.6 is 0 Å². The Morgan fingerprint density at radius 1 is 1.15 bits per heavy atom. The molecule has 1 heterocycles. The molecule has 0 saturated carbocycles. The summed E-state index contributed by atoms with van der Waals surface area (Å²) < 4.78 is 5.60. The van der Waals surface area contributed by atoms with Crippen molar-refractivity contribution in [2.24, 2.45) is 0 Å². The molecule has 1 aliphatic rings. The fourth-order valence-corrected chi connectivity index (χ4v) is 3.27. The lowest BCUT2D eigenvalue weighted by atomic mass is 10.00. The van der Waals surface area contributed by atoms with Gasteiger partial charge in [0.2, 0.25) is 5.91 Å². The Morgan fingerprint density at radius 2 is 1.89 bits per heavy atom. The van der Waals surface area contributed by atoms with Crippen LogP contribution in [0.3, 0.4) is 0 Å². The summed E-state index contributed by atoms with van der Waals surface area (Å²) in [6.45, 7) is 6.72. The average Bonchev–Trinajstić information content (AvgIpc) is 2.64. The Balaban J connectivity index is 1.72.